The van der Waals surface area contributed by atoms with E-state index in [1.807, 2.05) is 6.07 Å². The van der Waals surface area contributed by atoms with Gasteiger partial charge in [-0.25, -0.2) is 4.98 Å². The van der Waals surface area contributed by atoms with Gasteiger partial charge in [0.1, 0.15) is 17.9 Å². The molecule has 0 bridgehead atoms. The summed E-state index contributed by atoms with van der Waals surface area (Å²) in [4.78, 5) is 6.30. The summed E-state index contributed by atoms with van der Waals surface area (Å²) in [5, 5.41) is 8.69. The van der Waals surface area contributed by atoms with Crippen LogP contribution in [0.1, 0.15) is 12.1 Å². The third kappa shape index (κ3) is 2.45. The number of nitrogens with zero attached hydrogens (tertiary/aromatic N) is 3. The lowest BCUT2D eigenvalue weighted by Gasteiger charge is -2.12. The first-order valence-corrected chi connectivity index (χ1v) is 5.00. The van der Waals surface area contributed by atoms with Crippen molar-refractivity contribution in [2.24, 2.45) is 0 Å². The second-order valence-electron chi connectivity index (χ2n) is 3.76. The van der Waals surface area contributed by atoms with Crippen molar-refractivity contribution in [2.45, 2.75) is 12.5 Å². The van der Waals surface area contributed by atoms with E-state index in [0.717, 1.165) is 19.5 Å². The van der Waals surface area contributed by atoms with Crippen molar-refractivity contribution in [1.82, 2.24) is 9.88 Å². The lowest BCUT2D eigenvalue weighted by molar-refractivity contribution is 0.200. The maximum Gasteiger partial charge on any atom is 0.214 e. The first-order valence-electron chi connectivity index (χ1n) is 5.00. The molecule has 0 amide bonds. The van der Waals surface area contributed by atoms with Gasteiger partial charge in [0.15, 0.2) is 0 Å². The van der Waals surface area contributed by atoms with Crippen LogP contribution in [0.5, 0.6) is 5.88 Å². The van der Waals surface area contributed by atoms with E-state index in [9.17, 15) is 0 Å². The topological polar surface area (TPSA) is 49.1 Å². The number of likely N-dealkylation sites (tertiary alicyclic amines) is 1. The van der Waals surface area contributed by atoms with Gasteiger partial charge in [0.05, 0.1) is 0 Å². The van der Waals surface area contributed by atoms with Gasteiger partial charge in [-0.15, -0.1) is 0 Å². The van der Waals surface area contributed by atoms with Crippen LogP contribution in [0.3, 0.4) is 0 Å². The normalized spacial score (nSPS) is 21.2. The predicted molar refractivity (Wildman–Crippen MR) is 55.5 cm³/mol. The molecule has 4 nitrogen and oxygen atoms in total. The standard InChI is InChI=1S/C11H13N3O/c1-14-6-5-10(8-14)15-11-4-2-3-9(7-12)13-11/h2-4,10H,5-6,8H2,1H3. The van der Waals surface area contributed by atoms with Gasteiger partial charge in [-0.05, 0) is 19.5 Å². The zero-order chi connectivity index (χ0) is 10.7. The minimum Gasteiger partial charge on any atom is -0.473 e. The summed E-state index contributed by atoms with van der Waals surface area (Å²) in [5.74, 6) is 0.550. The second kappa shape index (κ2) is 4.28. The van der Waals surface area contributed by atoms with Crippen LogP contribution in [0.25, 0.3) is 0 Å². The quantitative estimate of drug-likeness (QED) is 0.720. The molecule has 0 spiro atoms. The fourth-order valence-corrected chi connectivity index (χ4v) is 1.70. The van der Waals surface area contributed by atoms with Gasteiger partial charge < -0.3 is 9.64 Å². The van der Waals surface area contributed by atoms with E-state index in [0.29, 0.717) is 11.6 Å². The Labute approximate surface area is 89.1 Å². The largest absolute Gasteiger partial charge is 0.473 e. The SMILES string of the molecule is CN1CCC(Oc2cccc(C#N)n2)C1. The summed E-state index contributed by atoms with van der Waals surface area (Å²) in [6.45, 7) is 1.99. The Morgan fingerprint density at radius 2 is 2.47 bits per heavy atom. The lowest BCUT2D eigenvalue weighted by Crippen LogP contribution is -2.21. The number of hydrogen-bond acceptors (Lipinski definition) is 4. The number of nitriles is 1. The van der Waals surface area contributed by atoms with Gasteiger partial charge in [-0.3, -0.25) is 0 Å². The highest BCUT2D eigenvalue weighted by Gasteiger charge is 2.21. The van der Waals surface area contributed by atoms with E-state index < -0.39 is 0 Å². The van der Waals surface area contributed by atoms with Crippen LogP contribution in [-0.2, 0) is 0 Å². The number of hydrogen-bond donors (Lipinski definition) is 0. The number of aromatic nitrogens is 1. The van der Waals surface area contributed by atoms with Crippen molar-refractivity contribution in [2.75, 3.05) is 20.1 Å². The highest BCUT2D eigenvalue weighted by molar-refractivity contribution is 5.24. The molecule has 1 unspecified atom stereocenters. The van der Waals surface area contributed by atoms with Gasteiger partial charge in [0.25, 0.3) is 0 Å². The Kier molecular flexibility index (Phi) is 2.84. The van der Waals surface area contributed by atoms with E-state index in [2.05, 4.69) is 16.9 Å². The molecule has 0 aromatic carbocycles. The molecular formula is C11H13N3O. The highest BCUT2D eigenvalue weighted by atomic mass is 16.5. The number of ether oxygens (including phenoxy) is 1. The maximum atomic E-state index is 8.69. The van der Waals surface area contributed by atoms with Crippen LogP contribution in [-0.4, -0.2) is 36.1 Å². The molecule has 78 valence electrons. The summed E-state index contributed by atoms with van der Waals surface area (Å²) >= 11 is 0. The monoisotopic (exact) mass is 203 g/mol. The number of pyridine rings is 1. The third-order valence-electron chi connectivity index (χ3n) is 2.47. The molecule has 1 aliphatic heterocycles. The van der Waals surface area contributed by atoms with E-state index in [-0.39, 0.29) is 6.10 Å². The van der Waals surface area contributed by atoms with Crippen molar-refractivity contribution in [1.29, 1.82) is 5.26 Å². The minimum atomic E-state index is 0.205. The summed E-state index contributed by atoms with van der Waals surface area (Å²) in [6, 6.07) is 7.26. The molecule has 0 radical (unpaired) electrons. The van der Waals surface area contributed by atoms with Crippen molar-refractivity contribution in [3.63, 3.8) is 0 Å². The van der Waals surface area contributed by atoms with Gasteiger partial charge in [-0.2, -0.15) is 5.26 Å². The Bertz CT molecular complexity index is 386. The van der Waals surface area contributed by atoms with Crippen LogP contribution in [0.2, 0.25) is 0 Å². The molecule has 0 N–H and O–H groups in total. The van der Waals surface area contributed by atoms with Gasteiger partial charge >= 0.3 is 0 Å². The summed E-state index contributed by atoms with van der Waals surface area (Å²) in [7, 11) is 2.07. The summed E-state index contributed by atoms with van der Waals surface area (Å²) < 4.78 is 5.68. The average Bonchev–Trinajstić information content (AvgIpc) is 2.64. The van der Waals surface area contributed by atoms with Gasteiger partial charge in [0, 0.05) is 19.2 Å². The molecule has 1 aromatic rings. The Hall–Kier alpha value is -1.60. The van der Waals surface area contributed by atoms with E-state index >= 15 is 0 Å². The van der Waals surface area contributed by atoms with Crippen molar-refractivity contribution < 1.29 is 4.74 Å². The first kappa shape index (κ1) is 9.94. The van der Waals surface area contributed by atoms with E-state index in [1.54, 1.807) is 18.2 Å². The molecule has 1 aliphatic rings. The average molecular weight is 203 g/mol. The highest BCUT2D eigenvalue weighted by Crippen LogP contribution is 2.15. The summed E-state index contributed by atoms with van der Waals surface area (Å²) in [5.41, 5.74) is 0.402. The van der Waals surface area contributed by atoms with Crippen molar-refractivity contribution >= 4 is 0 Å². The van der Waals surface area contributed by atoms with E-state index in [4.69, 9.17) is 10.00 Å². The predicted octanol–water partition coefficient (Wildman–Crippen LogP) is 1.04. The molecule has 2 rings (SSSR count). The molecule has 2 heterocycles. The zero-order valence-corrected chi connectivity index (χ0v) is 8.68. The van der Waals surface area contributed by atoms with Crippen LogP contribution in [0, 0.1) is 11.3 Å². The van der Waals surface area contributed by atoms with Gasteiger partial charge in [0.2, 0.25) is 5.88 Å². The fourth-order valence-electron chi connectivity index (χ4n) is 1.70. The number of likely N-dealkylation sites (N-methyl/N-ethyl adjacent to an activating group) is 1. The minimum absolute atomic E-state index is 0.205. The second-order valence-corrected chi connectivity index (χ2v) is 3.76. The summed E-state index contributed by atoms with van der Waals surface area (Å²) in [6.07, 6.45) is 1.23. The lowest BCUT2D eigenvalue weighted by atomic mass is 10.3. The van der Waals surface area contributed by atoms with Crippen LogP contribution in [0.4, 0.5) is 0 Å². The maximum absolute atomic E-state index is 8.69. The van der Waals surface area contributed by atoms with E-state index in [1.165, 1.54) is 0 Å². The third-order valence-corrected chi connectivity index (χ3v) is 2.47. The smallest absolute Gasteiger partial charge is 0.214 e. The molecular weight excluding hydrogens is 190 g/mol. The Balaban J connectivity index is 2.02. The molecule has 0 aliphatic carbocycles. The molecule has 1 aromatic heterocycles. The molecule has 0 saturated carbocycles. The molecule has 15 heavy (non-hydrogen) atoms. The van der Waals surface area contributed by atoms with Crippen LogP contribution < -0.4 is 4.74 Å². The molecule has 1 saturated heterocycles. The fraction of sp³-hybridized carbons (Fsp3) is 0.455. The van der Waals surface area contributed by atoms with Crippen LogP contribution >= 0.6 is 0 Å². The molecule has 1 atom stereocenters. The first-order chi connectivity index (χ1) is 7.28. The van der Waals surface area contributed by atoms with Crippen molar-refractivity contribution in [3.05, 3.63) is 23.9 Å². The molecule has 4 heteroatoms. The van der Waals surface area contributed by atoms with Crippen LogP contribution in [0.15, 0.2) is 18.2 Å². The Morgan fingerprint density at radius 1 is 1.60 bits per heavy atom. The Morgan fingerprint density at radius 3 is 3.13 bits per heavy atom. The van der Waals surface area contributed by atoms with Gasteiger partial charge in [-0.1, -0.05) is 6.07 Å². The number of rotatable bonds is 2. The zero-order valence-electron chi connectivity index (χ0n) is 8.68. The van der Waals surface area contributed by atoms with Crippen molar-refractivity contribution in [3.8, 4) is 11.9 Å². The molecule has 1 fully saturated rings.